The zero-order valence-electron chi connectivity index (χ0n) is 17.2. The molecule has 1 aliphatic rings. The van der Waals surface area contributed by atoms with E-state index < -0.39 is 10.0 Å². The quantitative estimate of drug-likeness (QED) is 0.300. The molecule has 29 heavy (non-hydrogen) atoms. The van der Waals surface area contributed by atoms with Gasteiger partial charge in [0.1, 0.15) is 6.10 Å². The molecule has 1 aromatic rings. The Hall–Kier alpha value is -1.14. The first-order valence-electron chi connectivity index (χ1n) is 9.68. The maximum Gasteiger partial charge on any atom is 0.211 e. The molecule has 0 aromatic heterocycles. The second-order valence-corrected chi connectivity index (χ2v) is 9.05. The molecule has 0 saturated carbocycles. The van der Waals surface area contributed by atoms with Crippen LogP contribution >= 0.6 is 24.0 Å². The van der Waals surface area contributed by atoms with E-state index in [9.17, 15) is 12.8 Å². The van der Waals surface area contributed by atoms with Gasteiger partial charge in [0.25, 0.3) is 0 Å². The number of sulfonamides is 1. The molecular weight excluding hydrogens is 510 g/mol. The summed E-state index contributed by atoms with van der Waals surface area (Å²) >= 11 is 0. The Bertz CT molecular complexity index is 756. The summed E-state index contributed by atoms with van der Waals surface area (Å²) < 4.78 is 44.0. The lowest BCUT2D eigenvalue weighted by atomic mass is 9.98. The molecule has 0 bridgehead atoms. The number of hydrogen-bond donors (Lipinski definition) is 2. The number of hydrogen-bond acceptors (Lipinski definition) is 4. The highest BCUT2D eigenvalue weighted by Gasteiger charge is 2.24. The Morgan fingerprint density at radius 1 is 1.31 bits per heavy atom. The van der Waals surface area contributed by atoms with E-state index in [-0.39, 0.29) is 41.6 Å². The van der Waals surface area contributed by atoms with Gasteiger partial charge in [0.15, 0.2) is 17.5 Å². The summed E-state index contributed by atoms with van der Waals surface area (Å²) in [5.41, 5.74) is 0. The fraction of sp³-hybridized carbons (Fsp3) is 0.632. The first kappa shape index (κ1) is 25.9. The standard InChI is InChI=1S/C19H31FN4O3S.HI/c1-4-21-19(22-13-15(2)27-18-8-6-5-7-17(18)20)23-14-16-9-11-24(12-10-16)28(3,25)26;/h5-8,15-16H,4,9-14H2,1-3H3,(H2,21,22,23);1H. The van der Waals surface area contributed by atoms with Crippen molar-refractivity contribution < 1.29 is 17.5 Å². The Kier molecular flexibility index (Phi) is 11.2. The third kappa shape index (κ3) is 9.04. The van der Waals surface area contributed by atoms with Crippen LogP contribution in [0.15, 0.2) is 29.3 Å². The largest absolute Gasteiger partial charge is 0.486 e. The number of nitrogens with one attached hydrogen (secondary N) is 2. The normalized spacial score (nSPS) is 17.3. The van der Waals surface area contributed by atoms with Gasteiger partial charge in [0.2, 0.25) is 10.0 Å². The highest BCUT2D eigenvalue weighted by molar-refractivity contribution is 14.0. The number of aliphatic imine (C=N–C) groups is 1. The molecular formula is C19H32FIN4O3S. The molecule has 1 atom stereocenters. The van der Waals surface area contributed by atoms with E-state index in [0.717, 1.165) is 25.9 Å². The van der Waals surface area contributed by atoms with E-state index in [2.05, 4.69) is 15.6 Å². The van der Waals surface area contributed by atoms with Gasteiger partial charge in [-0.1, -0.05) is 12.1 Å². The van der Waals surface area contributed by atoms with E-state index in [0.29, 0.717) is 31.5 Å². The van der Waals surface area contributed by atoms with Crippen LogP contribution < -0.4 is 15.4 Å². The zero-order valence-corrected chi connectivity index (χ0v) is 20.4. The van der Waals surface area contributed by atoms with Crippen molar-refractivity contribution >= 4 is 40.0 Å². The second-order valence-electron chi connectivity index (χ2n) is 7.06. The summed E-state index contributed by atoms with van der Waals surface area (Å²) in [5.74, 6) is 0.913. The van der Waals surface area contributed by atoms with Crippen molar-refractivity contribution in [3.05, 3.63) is 30.1 Å². The molecule has 0 aliphatic carbocycles. The number of guanidine groups is 1. The highest BCUT2D eigenvalue weighted by atomic mass is 127. The number of halogens is 2. The zero-order chi connectivity index (χ0) is 20.6. The van der Waals surface area contributed by atoms with Crippen molar-refractivity contribution in [2.45, 2.75) is 32.8 Å². The summed E-state index contributed by atoms with van der Waals surface area (Å²) in [5, 5.41) is 6.50. The van der Waals surface area contributed by atoms with Gasteiger partial charge in [-0.25, -0.2) is 22.1 Å². The van der Waals surface area contributed by atoms with E-state index in [1.54, 1.807) is 18.2 Å². The average Bonchev–Trinajstić information content (AvgIpc) is 2.65. The van der Waals surface area contributed by atoms with Gasteiger partial charge < -0.3 is 15.4 Å². The van der Waals surface area contributed by atoms with Crippen LogP contribution in [0.5, 0.6) is 5.75 Å². The van der Waals surface area contributed by atoms with Crippen molar-refractivity contribution in [1.29, 1.82) is 0 Å². The van der Waals surface area contributed by atoms with Crippen LogP contribution in [0, 0.1) is 11.7 Å². The lowest BCUT2D eigenvalue weighted by molar-refractivity contribution is 0.220. The maximum atomic E-state index is 13.7. The van der Waals surface area contributed by atoms with Gasteiger partial charge in [-0.05, 0) is 44.7 Å². The summed E-state index contributed by atoms with van der Waals surface area (Å²) in [6.45, 7) is 6.79. The molecule has 1 unspecified atom stereocenters. The number of nitrogens with zero attached hydrogens (tertiary/aromatic N) is 2. The lowest BCUT2D eigenvalue weighted by Crippen LogP contribution is -2.44. The number of para-hydroxylation sites is 1. The number of benzene rings is 1. The minimum Gasteiger partial charge on any atom is -0.486 e. The van der Waals surface area contributed by atoms with Gasteiger partial charge in [0, 0.05) is 26.2 Å². The van der Waals surface area contributed by atoms with Crippen LogP contribution in [0.1, 0.15) is 26.7 Å². The van der Waals surface area contributed by atoms with Crippen molar-refractivity contribution in [1.82, 2.24) is 14.9 Å². The minimum absolute atomic E-state index is 0. The van der Waals surface area contributed by atoms with Crippen molar-refractivity contribution in [3.63, 3.8) is 0 Å². The molecule has 1 aliphatic heterocycles. The first-order chi connectivity index (χ1) is 13.3. The van der Waals surface area contributed by atoms with Gasteiger partial charge in [-0.3, -0.25) is 0 Å². The summed E-state index contributed by atoms with van der Waals surface area (Å²) in [4.78, 5) is 4.52. The van der Waals surface area contributed by atoms with Gasteiger partial charge in [-0.2, -0.15) is 0 Å². The average molecular weight is 542 g/mol. The highest BCUT2D eigenvalue weighted by Crippen LogP contribution is 2.18. The molecule has 166 valence electrons. The predicted octanol–water partition coefficient (Wildman–Crippen LogP) is 2.44. The number of rotatable bonds is 8. The third-order valence-corrected chi connectivity index (χ3v) is 5.92. The fourth-order valence-corrected chi connectivity index (χ4v) is 3.92. The van der Waals surface area contributed by atoms with Gasteiger partial charge in [0.05, 0.1) is 12.8 Å². The Labute approximate surface area is 190 Å². The molecule has 1 aromatic carbocycles. The number of piperidine rings is 1. The van der Waals surface area contributed by atoms with Crippen LogP contribution in [0.2, 0.25) is 0 Å². The van der Waals surface area contributed by atoms with Gasteiger partial charge in [-0.15, -0.1) is 24.0 Å². The monoisotopic (exact) mass is 542 g/mol. The molecule has 1 fully saturated rings. The fourth-order valence-electron chi connectivity index (χ4n) is 3.04. The summed E-state index contributed by atoms with van der Waals surface area (Å²) in [6, 6.07) is 6.32. The summed E-state index contributed by atoms with van der Waals surface area (Å²) in [6.07, 6.45) is 2.63. The Morgan fingerprint density at radius 2 is 1.97 bits per heavy atom. The molecule has 2 rings (SSSR count). The molecule has 7 nitrogen and oxygen atoms in total. The van der Waals surface area contributed by atoms with Crippen LogP contribution in [-0.4, -0.2) is 63.8 Å². The summed E-state index contributed by atoms with van der Waals surface area (Å²) in [7, 11) is -3.10. The Balaban J connectivity index is 0.00000420. The van der Waals surface area contributed by atoms with Crippen LogP contribution in [0.4, 0.5) is 4.39 Å². The predicted molar refractivity (Wildman–Crippen MR) is 125 cm³/mol. The SMILES string of the molecule is CCNC(=NCC(C)Oc1ccccc1F)NCC1CCN(S(C)(=O)=O)CC1.I. The van der Waals surface area contributed by atoms with E-state index in [4.69, 9.17) is 4.74 Å². The van der Waals surface area contributed by atoms with E-state index in [1.165, 1.54) is 16.6 Å². The first-order valence-corrected chi connectivity index (χ1v) is 11.5. The maximum absolute atomic E-state index is 13.7. The van der Waals surface area contributed by atoms with Crippen LogP contribution in [-0.2, 0) is 10.0 Å². The van der Waals surface area contributed by atoms with Crippen molar-refractivity contribution in [2.24, 2.45) is 10.9 Å². The smallest absolute Gasteiger partial charge is 0.211 e. The molecule has 0 radical (unpaired) electrons. The molecule has 1 saturated heterocycles. The topological polar surface area (TPSA) is 83.0 Å². The lowest BCUT2D eigenvalue weighted by Gasteiger charge is -2.30. The van der Waals surface area contributed by atoms with Crippen molar-refractivity contribution in [3.8, 4) is 5.75 Å². The van der Waals surface area contributed by atoms with E-state index in [1.807, 2.05) is 13.8 Å². The van der Waals surface area contributed by atoms with Crippen LogP contribution in [0.3, 0.4) is 0 Å². The molecule has 10 heteroatoms. The third-order valence-electron chi connectivity index (χ3n) is 4.62. The van der Waals surface area contributed by atoms with Crippen LogP contribution in [0.25, 0.3) is 0 Å². The second kappa shape index (κ2) is 12.5. The number of ether oxygens (including phenoxy) is 1. The molecule has 1 heterocycles. The molecule has 0 amide bonds. The minimum atomic E-state index is -3.10. The van der Waals surface area contributed by atoms with Gasteiger partial charge >= 0.3 is 0 Å². The molecule has 2 N–H and O–H groups in total. The Morgan fingerprint density at radius 3 is 2.55 bits per heavy atom. The molecule has 0 spiro atoms. The van der Waals surface area contributed by atoms with Crippen molar-refractivity contribution in [2.75, 3.05) is 39.0 Å². The van der Waals surface area contributed by atoms with E-state index >= 15 is 0 Å².